The third kappa shape index (κ3) is 5.29. The minimum atomic E-state index is -0.304. The van der Waals surface area contributed by atoms with Crippen LogP contribution < -0.4 is 0 Å². The lowest BCUT2D eigenvalue weighted by atomic mass is 9.75. The van der Waals surface area contributed by atoms with Gasteiger partial charge in [0.2, 0.25) is 0 Å². The van der Waals surface area contributed by atoms with Gasteiger partial charge < -0.3 is 0 Å². The van der Waals surface area contributed by atoms with Gasteiger partial charge in [-0.1, -0.05) is 19.9 Å². The Hall–Kier alpha value is -4.70. The van der Waals surface area contributed by atoms with Crippen molar-refractivity contribution in [2.45, 2.75) is 33.1 Å². The number of carbonyl (C=O) groups excluding carboxylic acids is 2. The summed E-state index contributed by atoms with van der Waals surface area (Å²) < 4.78 is 1.71. The molecule has 4 aromatic rings. The second kappa shape index (κ2) is 10.1. The van der Waals surface area contributed by atoms with Crippen molar-refractivity contribution < 1.29 is 9.59 Å². The standard InChI is InChI=1S/C21H18N4O.C9H7NO/c1-21(2)9-7-18-17(20(21)26)6-5-16(24-18)8-11-25-13-19(23-14-25)15-4-3-10-22-12-15;11-9-5-1-4-8-7(9)3-2-6-10-8/h3-6,10,12-14H,7,9H2,1-2H3;1-4,6H,5H2. The summed E-state index contributed by atoms with van der Waals surface area (Å²) in [6.45, 7) is 3.98. The van der Waals surface area contributed by atoms with Crippen LogP contribution in [0.5, 0.6) is 0 Å². The Morgan fingerprint density at radius 2 is 1.86 bits per heavy atom. The van der Waals surface area contributed by atoms with E-state index >= 15 is 0 Å². The third-order valence-corrected chi connectivity index (χ3v) is 6.39. The predicted octanol–water partition coefficient (Wildman–Crippen LogP) is 5.03. The number of aromatic nitrogens is 5. The van der Waals surface area contributed by atoms with Crippen LogP contribution in [-0.2, 0) is 6.42 Å². The first kappa shape index (κ1) is 24.0. The normalized spacial score (nSPS) is 15.0. The van der Waals surface area contributed by atoms with Crippen LogP contribution >= 0.6 is 0 Å². The van der Waals surface area contributed by atoms with Gasteiger partial charge in [-0.2, -0.15) is 0 Å². The van der Waals surface area contributed by atoms with Gasteiger partial charge in [-0.25, -0.2) is 9.97 Å². The molecule has 7 nitrogen and oxygen atoms in total. The number of aryl methyl sites for hydroxylation is 1. The molecule has 0 radical (unpaired) electrons. The Morgan fingerprint density at radius 3 is 2.68 bits per heavy atom. The third-order valence-electron chi connectivity index (χ3n) is 6.39. The lowest BCUT2D eigenvalue weighted by Crippen LogP contribution is -2.31. The molecule has 0 amide bonds. The van der Waals surface area contributed by atoms with Gasteiger partial charge in [0.05, 0.1) is 17.1 Å². The second-order valence-corrected chi connectivity index (χ2v) is 9.51. The molecule has 37 heavy (non-hydrogen) atoms. The van der Waals surface area contributed by atoms with Crippen molar-refractivity contribution in [1.29, 1.82) is 0 Å². The van der Waals surface area contributed by atoms with Crippen molar-refractivity contribution in [1.82, 2.24) is 24.5 Å². The largest absolute Gasteiger partial charge is 0.294 e. The van der Waals surface area contributed by atoms with Crippen molar-refractivity contribution in [3.63, 3.8) is 0 Å². The van der Waals surface area contributed by atoms with E-state index in [1.54, 1.807) is 35.6 Å². The fourth-order valence-electron chi connectivity index (χ4n) is 4.22. The van der Waals surface area contributed by atoms with Gasteiger partial charge in [-0.15, -0.1) is 0 Å². The molecular weight excluding hydrogens is 462 g/mol. The lowest BCUT2D eigenvalue weighted by molar-refractivity contribution is 0.0809. The molecule has 0 saturated heterocycles. The number of hydrogen-bond acceptors (Lipinski definition) is 6. The van der Waals surface area contributed by atoms with Crippen LogP contribution in [0.3, 0.4) is 0 Å². The Morgan fingerprint density at radius 1 is 1.00 bits per heavy atom. The number of pyridine rings is 3. The number of Topliss-reactive ketones (excluding diaryl/α,β-unsaturated/α-hetero) is 2. The van der Waals surface area contributed by atoms with E-state index in [4.69, 9.17) is 0 Å². The Balaban J connectivity index is 0.000000212. The molecule has 0 N–H and O–H groups in total. The molecule has 182 valence electrons. The van der Waals surface area contributed by atoms with E-state index in [0.717, 1.165) is 46.6 Å². The summed E-state index contributed by atoms with van der Waals surface area (Å²) in [7, 11) is 0. The maximum atomic E-state index is 12.5. The zero-order chi connectivity index (χ0) is 25.8. The van der Waals surface area contributed by atoms with Crippen LogP contribution in [0, 0.1) is 17.4 Å². The van der Waals surface area contributed by atoms with Crippen LogP contribution in [0.25, 0.3) is 17.3 Å². The summed E-state index contributed by atoms with van der Waals surface area (Å²) in [6.07, 6.45) is 14.6. The van der Waals surface area contributed by atoms with Gasteiger partial charge in [0.25, 0.3) is 0 Å². The zero-order valence-electron chi connectivity index (χ0n) is 20.7. The maximum absolute atomic E-state index is 12.5. The minimum Gasteiger partial charge on any atom is -0.294 e. The van der Waals surface area contributed by atoms with Crippen molar-refractivity contribution in [3.05, 3.63) is 102 Å². The number of hydrogen-bond donors (Lipinski definition) is 0. The summed E-state index contributed by atoms with van der Waals surface area (Å²) in [5.41, 5.74) is 5.24. The van der Waals surface area contributed by atoms with Crippen LogP contribution in [0.2, 0.25) is 0 Å². The van der Waals surface area contributed by atoms with E-state index in [9.17, 15) is 9.59 Å². The van der Waals surface area contributed by atoms with Gasteiger partial charge in [-0.3, -0.25) is 24.1 Å². The van der Waals surface area contributed by atoms with E-state index < -0.39 is 0 Å². The molecule has 4 heterocycles. The number of carbonyl (C=O) groups is 2. The smallest absolute Gasteiger partial charge is 0.170 e. The first-order chi connectivity index (χ1) is 17.9. The van der Waals surface area contributed by atoms with Gasteiger partial charge in [0.1, 0.15) is 12.0 Å². The molecule has 0 saturated carbocycles. The fourth-order valence-corrected chi connectivity index (χ4v) is 4.22. The second-order valence-electron chi connectivity index (χ2n) is 9.51. The highest BCUT2D eigenvalue weighted by atomic mass is 16.1. The number of nitrogens with zero attached hydrogens (tertiary/aromatic N) is 5. The molecule has 6 rings (SSSR count). The molecule has 0 aromatic carbocycles. The summed E-state index contributed by atoms with van der Waals surface area (Å²) in [6, 6.07) is 14.1. The predicted molar refractivity (Wildman–Crippen MR) is 141 cm³/mol. The Kier molecular flexibility index (Phi) is 6.57. The SMILES string of the molecule is CC1(C)CCc2nc(C#Cn3cnc(-c4cccnc4)c3)ccc2C1=O.O=C1CC=Cc2ncccc21. The van der Waals surface area contributed by atoms with Crippen molar-refractivity contribution >= 4 is 17.6 Å². The van der Waals surface area contributed by atoms with E-state index in [2.05, 4.69) is 31.9 Å². The maximum Gasteiger partial charge on any atom is 0.170 e. The molecule has 0 bridgehead atoms. The molecule has 7 heteroatoms. The van der Waals surface area contributed by atoms with Gasteiger partial charge in [0, 0.05) is 59.4 Å². The number of imidazole rings is 1. The molecule has 2 aliphatic carbocycles. The number of allylic oxidation sites excluding steroid dienone is 1. The molecule has 0 spiro atoms. The molecule has 0 atom stereocenters. The summed E-state index contributed by atoms with van der Waals surface area (Å²) in [5.74, 6) is 3.38. The molecule has 0 fully saturated rings. The fraction of sp³-hybridized carbons (Fsp3) is 0.200. The summed E-state index contributed by atoms with van der Waals surface area (Å²) >= 11 is 0. The first-order valence-electron chi connectivity index (χ1n) is 12.1. The minimum absolute atomic E-state index is 0.163. The number of fused-ring (bicyclic) bond motifs is 2. The van der Waals surface area contributed by atoms with E-state index in [-0.39, 0.29) is 17.0 Å². The van der Waals surface area contributed by atoms with Gasteiger partial charge in [0.15, 0.2) is 11.6 Å². The van der Waals surface area contributed by atoms with Crippen LogP contribution in [0.1, 0.15) is 64.5 Å². The molecule has 0 aliphatic heterocycles. The molecule has 0 unspecified atom stereocenters. The summed E-state index contributed by atoms with van der Waals surface area (Å²) in [4.78, 5) is 40.7. The highest BCUT2D eigenvalue weighted by Crippen LogP contribution is 2.33. The zero-order valence-corrected chi connectivity index (χ0v) is 20.7. The van der Waals surface area contributed by atoms with Crippen molar-refractivity contribution in [2.24, 2.45) is 5.41 Å². The lowest BCUT2D eigenvalue weighted by Gasteiger charge is -2.28. The van der Waals surface area contributed by atoms with Crippen LogP contribution in [0.4, 0.5) is 0 Å². The highest BCUT2D eigenvalue weighted by molar-refractivity contribution is 6.02. The van der Waals surface area contributed by atoms with E-state index in [1.165, 1.54) is 0 Å². The quantitative estimate of drug-likeness (QED) is 0.350. The molecule has 4 aromatic heterocycles. The Bertz CT molecular complexity index is 1570. The van der Waals surface area contributed by atoms with Gasteiger partial charge in [-0.05, 0) is 61.2 Å². The topological polar surface area (TPSA) is 90.6 Å². The van der Waals surface area contributed by atoms with Crippen LogP contribution in [0.15, 0.2) is 73.6 Å². The summed E-state index contributed by atoms with van der Waals surface area (Å²) in [5, 5.41) is 0. The van der Waals surface area contributed by atoms with E-state index in [1.807, 2.05) is 62.5 Å². The van der Waals surface area contributed by atoms with E-state index in [0.29, 0.717) is 12.1 Å². The monoisotopic (exact) mass is 487 g/mol. The number of ketones is 2. The van der Waals surface area contributed by atoms with Crippen LogP contribution in [-0.4, -0.2) is 36.1 Å². The highest BCUT2D eigenvalue weighted by Gasteiger charge is 2.34. The number of rotatable bonds is 1. The molecule has 2 aliphatic rings. The van der Waals surface area contributed by atoms with Crippen molar-refractivity contribution in [2.75, 3.05) is 0 Å². The average molecular weight is 488 g/mol. The first-order valence-corrected chi connectivity index (χ1v) is 12.1. The Labute approximate surface area is 215 Å². The van der Waals surface area contributed by atoms with Crippen molar-refractivity contribution in [3.8, 4) is 23.2 Å². The average Bonchev–Trinajstić information content (AvgIpc) is 3.40. The van der Waals surface area contributed by atoms with Gasteiger partial charge >= 0.3 is 0 Å². The molecular formula is C30H25N5O2.